The number of carbonyl (C=O) groups excluding carboxylic acids is 2. The van der Waals surface area contributed by atoms with Gasteiger partial charge in [-0.15, -0.1) is 0 Å². The Kier molecular flexibility index (Phi) is 8.09. The zero-order valence-electron chi connectivity index (χ0n) is 18.0. The molecule has 182 valence electrons. The van der Waals surface area contributed by atoms with Gasteiger partial charge in [-0.2, -0.15) is 0 Å². The summed E-state index contributed by atoms with van der Waals surface area (Å²) in [6.07, 6.45) is 1.07. The topological polar surface area (TPSA) is 95.1 Å². The Morgan fingerprint density at radius 2 is 1.86 bits per heavy atom. The van der Waals surface area contributed by atoms with Crippen LogP contribution in [-0.4, -0.2) is 47.6 Å². The van der Waals surface area contributed by atoms with E-state index in [-0.39, 0.29) is 53.0 Å². The highest BCUT2D eigenvalue weighted by molar-refractivity contribution is 6.31. The average Bonchev–Trinajstić information content (AvgIpc) is 3.66. The number of Topliss-reactive ketones (excluding diaryl/α,β-unsaturated/α-hetero) is 1. The van der Waals surface area contributed by atoms with Gasteiger partial charge in [0.1, 0.15) is 23.2 Å². The summed E-state index contributed by atoms with van der Waals surface area (Å²) in [7, 11) is 1.39. The number of anilines is 1. The number of pyridine rings is 1. The van der Waals surface area contributed by atoms with Crippen LogP contribution in [0, 0.1) is 11.2 Å². The SMILES string of the molecule is C.COc1cc(Cl)cc(C(=O)Nc2ccc(Cl)cn2)c1CC(=O)c1ccc(C(=N)N2CC2)cc1F. The van der Waals surface area contributed by atoms with Gasteiger partial charge in [0, 0.05) is 47.4 Å². The number of rotatable bonds is 7. The van der Waals surface area contributed by atoms with Gasteiger partial charge in [-0.25, -0.2) is 9.37 Å². The number of carbonyl (C=O) groups is 2. The second-order valence-corrected chi connectivity index (χ2v) is 8.45. The minimum absolute atomic E-state index is 0. The van der Waals surface area contributed by atoms with E-state index in [0.717, 1.165) is 13.1 Å². The van der Waals surface area contributed by atoms with Crippen molar-refractivity contribution in [2.24, 2.45) is 0 Å². The summed E-state index contributed by atoms with van der Waals surface area (Å²) in [6.45, 7) is 1.52. The molecule has 1 aliphatic rings. The van der Waals surface area contributed by atoms with Gasteiger partial charge in [0.25, 0.3) is 5.91 Å². The summed E-state index contributed by atoms with van der Waals surface area (Å²) in [5.74, 6) is -1.18. The number of ether oxygens (including phenoxy) is 1. The molecule has 2 heterocycles. The lowest BCUT2D eigenvalue weighted by molar-refractivity contribution is 0.0987. The van der Waals surface area contributed by atoms with Gasteiger partial charge in [-0.05, 0) is 36.4 Å². The van der Waals surface area contributed by atoms with Gasteiger partial charge in [-0.1, -0.05) is 36.7 Å². The number of nitrogens with one attached hydrogen (secondary N) is 2. The van der Waals surface area contributed by atoms with Gasteiger partial charge in [0.2, 0.25) is 0 Å². The molecule has 0 saturated carbocycles. The van der Waals surface area contributed by atoms with Crippen LogP contribution in [0.5, 0.6) is 5.75 Å². The Morgan fingerprint density at radius 3 is 2.46 bits per heavy atom. The number of hydrogen-bond donors (Lipinski definition) is 2. The number of amidine groups is 1. The fourth-order valence-corrected chi connectivity index (χ4v) is 3.73. The Labute approximate surface area is 212 Å². The van der Waals surface area contributed by atoms with Crippen molar-refractivity contribution in [1.82, 2.24) is 9.88 Å². The maximum atomic E-state index is 14.8. The number of halogens is 3. The number of methoxy groups -OCH3 is 1. The molecule has 0 bridgehead atoms. The molecule has 0 radical (unpaired) electrons. The van der Waals surface area contributed by atoms with E-state index in [2.05, 4.69) is 10.3 Å². The summed E-state index contributed by atoms with van der Waals surface area (Å²) in [5, 5.41) is 11.3. The van der Waals surface area contributed by atoms with Crippen LogP contribution in [0.15, 0.2) is 48.7 Å². The third-order valence-electron chi connectivity index (χ3n) is 5.25. The van der Waals surface area contributed by atoms with Crippen LogP contribution < -0.4 is 10.1 Å². The summed E-state index contributed by atoms with van der Waals surface area (Å²) in [5.41, 5.74) is 0.592. The van der Waals surface area contributed by atoms with Gasteiger partial charge >= 0.3 is 0 Å². The largest absolute Gasteiger partial charge is 0.496 e. The lowest BCUT2D eigenvalue weighted by atomic mass is 9.96. The van der Waals surface area contributed by atoms with Gasteiger partial charge in [-0.3, -0.25) is 15.0 Å². The second-order valence-electron chi connectivity index (χ2n) is 7.58. The molecule has 4 rings (SSSR count). The summed E-state index contributed by atoms with van der Waals surface area (Å²) >= 11 is 12.0. The number of aromatic nitrogens is 1. The number of benzene rings is 2. The highest BCUT2D eigenvalue weighted by Gasteiger charge is 2.25. The lowest BCUT2D eigenvalue weighted by Crippen LogP contribution is -2.18. The Balaban J connectivity index is 0.00000342. The third kappa shape index (κ3) is 5.96. The molecule has 0 spiro atoms. The predicted octanol–water partition coefficient (Wildman–Crippen LogP) is 5.49. The molecular weight excluding hydrogens is 494 g/mol. The standard InChI is InChI=1S/C24H19Cl2FN4O3.CH4/c1-34-21-10-15(26)9-18(24(33)30-22-5-3-14(25)12-29-22)17(21)11-20(32)16-4-2-13(8-19(16)27)23(28)31-6-7-31;/h2-5,8-10,12,28H,6-7,11H2,1H3,(H,29,30,33);1H4. The molecule has 1 amide bonds. The van der Waals surface area contributed by atoms with Crippen molar-refractivity contribution < 1.29 is 18.7 Å². The molecule has 0 unspecified atom stereocenters. The second kappa shape index (κ2) is 10.8. The fourth-order valence-electron chi connectivity index (χ4n) is 3.41. The van der Waals surface area contributed by atoms with E-state index in [4.69, 9.17) is 33.3 Å². The number of hydrogen-bond acceptors (Lipinski definition) is 5. The molecule has 2 aromatic carbocycles. The lowest BCUT2D eigenvalue weighted by Gasteiger charge is -2.15. The van der Waals surface area contributed by atoms with Crippen LogP contribution in [0.2, 0.25) is 10.0 Å². The van der Waals surface area contributed by atoms with E-state index >= 15 is 0 Å². The highest BCUT2D eigenvalue weighted by atomic mass is 35.5. The van der Waals surface area contributed by atoms with Crippen LogP contribution in [-0.2, 0) is 6.42 Å². The predicted molar refractivity (Wildman–Crippen MR) is 135 cm³/mol. The first kappa shape index (κ1) is 26.1. The highest BCUT2D eigenvalue weighted by Crippen LogP contribution is 2.30. The van der Waals surface area contributed by atoms with E-state index < -0.39 is 17.5 Å². The maximum absolute atomic E-state index is 14.8. The zero-order chi connectivity index (χ0) is 24.4. The third-order valence-corrected chi connectivity index (χ3v) is 5.69. The smallest absolute Gasteiger partial charge is 0.257 e. The zero-order valence-corrected chi connectivity index (χ0v) is 19.5. The molecule has 1 aliphatic heterocycles. The van der Waals surface area contributed by atoms with E-state index in [9.17, 15) is 14.0 Å². The first-order valence-corrected chi connectivity index (χ1v) is 11.0. The molecule has 0 aliphatic carbocycles. The Hall–Kier alpha value is -3.49. The quantitative estimate of drug-likeness (QED) is 0.187. The summed E-state index contributed by atoms with van der Waals surface area (Å²) in [4.78, 5) is 31.8. The van der Waals surface area contributed by atoms with E-state index in [0.29, 0.717) is 10.6 Å². The summed E-state index contributed by atoms with van der Waals surface area (Å²) < 4.78 is 20.1. The van der Waals surface area contributed by atoms with Crippen molar-refractivity contribution in [3.63, 3.8) is 0 Å². The molecule has 0 atom stereocenters. The maximum Gasteiger partial charge on any atom is 0.257 e. The van der Waals surface area contributed by atoms with E-state index in [1.165, 1.54) is 49.7 Å². The molecule has 10 heteroatoms. The van der Waals surface area contributed by atoms with Crippen molar-refractivity contribution >= 4 is 46.5 Å². The molecule has 3 aromatic rings. The van der Waals surface area contributed by atoms with Crippen LogP contribution in [0.3, 0.4) is 0 Å². The Morgan fingerprint density at radius 1 is 1.11 bits per heavy atom. The van der Waals surface area contributed by atoms with Gasteiger partial charge in [0.05, 0.1) is 17.7 Å². The molecular formula is C25H23Cl2FN4O3. The molecule has 2 N–H and O–H groups in total. The molecule has 1 aromatic heterocycles. The Bertz CT molecular complexity index is 1290. The minimum Gasteiger partial charge on any atom is -0.496 e. The average molecular weight is 517 g/mol. The van der Waals surface area contributed by atoms with Crippen molar-refractivity contribution in [1.29, 1.82) is 5.41 Å². The van der Waals surface area contributed by atoms with Crippen molar-refractivity contribution in [3.05, 3.63) is 86.8 Å². The van der Waals surface area contributed by atoms with Gasteiger partial charge in [0.15, 0.2) is 5.78 Å². The number of ketones is 1. The molecule has 35 heavy (non-hydrogen) atoms. The van der Waals surface area contributed by atoms with Crippen molar-refractivity contribution in [2.45, 2.75) is 13.8 Å². The first-order chi connectivity index (χ1) is 16.3. The normalized spacial score (nSPS) is 11.9. The van der Waals surface area contributed by atoms with Crippen LogP contribution in [0.4, 0.5) is 10.2 Å². The first-order valence-electron chi connectivity index (χ1n) is 10.2. The fraction of sp³-hybridized carbons (Fsp3) is 0.200. The van der Waals surface area contributed by atoms with Crippen molar-refractivity contribution in [3.8, 4) is 5.75 Å². The number of nitrogens with zero attached hydrogens (tertiary/aromatic N) is 2. The van der Waals surface area contributed by atoms with Crippen LogP contribution >= 0.6 is 23.2 Å². The van der Waals surface area contributed by atoms with Crippen LogP contribution in [0.25, 0.3) is 0 Å². The van der Waals surface area contributed by atoms with Crippen molar-refractivity contribution in [2.75, 3.05) is 25.5 Å². The molecule has 1 saturated heterocycles. The number of amides is 1. The molecule has 7 nitrogen and oxygen atoms in total. The van der Waals surface area contributed by atoms with Crippen LogP contribution in [0.1, 0.15) is 39.3 Å². The van der Waals surface area contributed by atoms with E-state index in [1.54, 1.807) is 11.0 Å². The van der Waals surface area contributed by atoms with Gasteiger partial charge < -0.3 is 15.0 Å². The minimum atomic E-state index is -0.738. The summed E-state index contributed by atoms with van der Waals surface area (Å²) in [6, 6.07) is 10.0. The molecule has 1 fully saturated rings. The monoisotopic (exact) mass is 516 g/mol. The van der Waals surface area contributed by atoms with E-state index in [1.807, 2.05) is 0 Å².